The fourth-order valence-electron chi connectivity index (χ4n) is 2.57. The second-order valence-electron chi connectivity index (χ2n) is 4.62. The van der Waals surface area contributed by atoms with E-state index in [1.807, 2.05) is 37.4 Å². The Labute approximate surface area is 102 Å². The molecule has 0 N–H and O–H groups in total. The highest BCUT2D eigenvalue weighted by Gasteiger charge is 2.41. The summed E-state index contributed by atoms with van der Waals surface area (Å²) >= 11 is 0. The van der Waals surface area contributed by atoms with Crippen molar-refractivity contribution in [3.8, 4) is 0 Å². The summed E-state index contributed by atoms with van der Waals surface area (Å²) in [6, 6.07) is 10.0. The van der Waals surface area contributed by atoms with Crippen LogP contribution in [0.5, 0.6) is 0 Å². The number of hydrogen-bond donors (Lipinski definition) is 0. The molecule has 3 heteroatoms. The maximum atomic E-state index is 11.4. The molecule has 0 bridgehead atoms. The van der Waals surface area contributed by atoms with Gasteiger partial charge in [0, 0.05) is 25.5 Å². The molecule has 0 radical (unpaired) electrons. The van der Waals surface area contributed by atoms with Crippen LogP contribution in [0, 0.1) is 0 Å². The third kappa shape index (κ3) is 2.34. The number of likely N-dealkylation sites (tertiary alicyclic amines) is 1. The second kappa shape index (κ2) is 4.88. The molecule has 1 fully saturated rings. The van der Waals surface area contributed by atoms with Crippen molar-refractivity contribution in [3.63, 3.8) is 0 Å². The van der Waals surface area contributed by atoms with Crippen molar-refractivity contribution in [3.05, 3.63) is 35.9 Å². The normalized spacial score (nSPS) is 25.5. The Morgan fingerprint density at radius 1 is 1.29 bits per heavy atom. The molecular formula is C14H19NO2. The third-order valence-corrected chi connectivity index (χ3v) is 3.41. The van der Waals surface area contributed by atoms with Crippen LogP contribution in [0.15, 0.2) is 30.3 Å². The molecule has 1 saturated heterocycles. The van der Waals surface area contributed by atoms with Gasteiger partial charge in [0.15, 0.2) is 5.72 Å². The van der Waals surface area contributed by atoms with Gasteiger partial charge in [0.2, 0.25) is 0 Å². The van der Waals surface area contributed by atoms with Crippen LogP contribution in [0.2, 0.25) is 0 Å². The predicted octanol–water partition coefficient (Wildman–Crippen LogP) is 2.52. The minimum Gasteiger partial charge on any atom is -0.440 e. The molecule has 1 aromatic rings. The van der Waals surface area contributed by atoms with Crippen molar-refractivity contribution < 1.29 is 9.53 Å². The number of nitrogens with zero attached hydrogens (tertiary/aromatic N) is 1. The first-order valence-electron chi connectivity index (χ1n) is 6.11. The third-order valence-electron chi connectivity index (χ3n) is 3.41. The number of benzene rings is 1. The first kappa shape index (κ1) is 12.1. The van der Waals surface area contributed by atoms with Gasteiger partial charge in [-0.3, -0.25) is 9.69 Å². The fraction of sp³-hybridized carbons (Fsp3) is 0.500. The van der Waals surface area contributed by atoms with E-state index in [1.165, 1.54) is 6.92 Å². The number of rotatable bonds is 2. The van der Waals surface area contributed by atoms with Gasteiger partial charge in [0.05, 0.1) is 0 Å². The highest BCUT2D eigenvalue weighted by Crippen LogP contribution is 2.37. The van der Waals surface area contributed by atoms with Crippen LogP contribution in [0.4, 0.5) is 0 Å². The summed E-state index contributed by atoms with van der Waals surface area (Å²) in [6.45, 7) is 2.44. The average Bonchev–Trinajstić information content (AvgIpc) is 2.33. The number of esters is 1. The second-order valence-corrected chi connectivity index (χ2v) is 4.62. The lowest BCUT2D eigenvalue weighted by molar-refractivity contribution is -0.191. The van der Waals surface area contributed by atoms with Crippen molar-refractivity contribution in [2.75, 3.05) is 13.6 Å². The van der Waals surface area contributed by atoms with Gasteiger partial charge in [-0.2, -0.15) is 0 Å². The van der Waals surface area contributed by atoms with E-state index in [0.717, 1.165) is 31.4 Å². The maximum Gasteiger partial charge on any atom is 0.304 e. The van der Waals surface area contributed by atoms with Gasteiger partial charge in [-0.25, -0.2) is 0 Å². The summed E-state index contributed by atoms with van der Waals surface area (Å²) in [4.78, 5) is 13.5. The smallest absolute Gasteiger partial charge is 0.304 e. The Morgan fingerprint density at radius 3 is 2.59 bits per heavy atom. The molecule has 0 amide bonds. The van der Waals surface area contributed by atoms with E-state index in [4.69, 9.17) is 4.74 Å². The van der Waals surface area contributed by atoms with Crippen molar-refractivity contribution in [2.45, 2.75) is 31.9 Å². The Morgan fingerprint density at radius 2 is 2.00 bits per heavy atom. The number of hydrogen-bond acceptors (Lipinski definition) is 3. The lowest BCUT2D eigenvalue weighted by Gasteiger charge is -2.44. The molecule has 1 unspecified atom stereocenters. The molecule has 1 atom stereocenters. The van der Waals surface area contributed by atoms with Crippen LogP contribution in [0.1, 0.15) is 31.7 Å². The molecule has 1 aliphatic heterocycles. The zero-order chi connectivity index (χ0) is 12.3. The molecule has 92 valence electrons. The maximum absolute atomic E-state index is 11.4. The van der Waals surface area contributed by atoms with Gasteiger partial charge in [-0.05, 0) is 19.9 Å². The summed E-state index contributed by atoms with van der Waals surface area (Å²) in [7, 11) is 2.02. The minimum atomic E-state index is -0.564. The summed E-state index contributed by atoms with van der Waals surface area (Å²) in [5, 5.41) is 0. The molecule has 0 saturated carbocycles. The molecular weight excluding hydrogens is 214 g/mol. The largest absolute Gasteiger partial charge is 0.440 e. The zero-order valence-corrected chi connectivity index (χ0v) is 10.5. The number of carbonyl (C=O) groups excluding carboxylic acids is 1. The van der Waals surface area contributed by atoms with Gasteiger partial charge in [-0.1, -0.05) is 30.3 Å². The number of carbonyl (C=O) groups is 1. The van der Waals surface area contributed by atoms with Crippen molar-refractivity contribution >= 4 is 5.97 Å². The molecule has 1 aliphatic rings. The van der Waals surface area contributed by atoms with E-state index in [1.54, 1.807) is 0 Å². The minimum absolute atomic E-state index is 0.220. The van der Waals surface area contributed by atoms with E-state index in [2.05, 4.69) is 4.90 Å². The highest BCUT2D eigenvalue weighted by molar-refractivity contribution is 5.66. The molecule has 0 aliphatic carbocycles. The molecule has 3 nitrogen and oxygen atoms in total. The first-order chi connectivity index (χ1) is 8.15. The van der Waals surface area contributed by atoms with Gasteiger partial charge in [-0.15, -0.1) is 0 Å². The topological polar surface area (TPSA) is 29.5 Å². The molecule has 1 heterocycles. The Balaban J connectivity index is 2.39. The molecule has 1 aromatic carbocycles. The van der Waals surface area contributed by atoms with E-state index < -0.39 is 5.72 Å². The molecule has 0 aromatic heterocycles. The zero-order valence-electron chi connectivity index (χ0n) is 10.5. The van der Waals surface area contributed by atoms with Crippen molar-refractivity contribution in [1.82, 2.24) is 4.90 Å². The Bertz CT molecular complexity index is 390. The van der Waals surface area contributed by atoms with Crippen LogP contribution in [-0.4, -0.2) is 24.5 Å². The molecule has 0 spiro atoms. The molecule has 17 heavy (non-hydrogen) atoms. The van der Waals surface area contributed by atoms with Crippen LogP contribution < -0.4 is 0 Å². The summed E-state index contributed by atoms with van der Waals surface area (Å²) in [6.07, 6.45) is 3.12. The summed E-state index contributed by atoms with van der Waals surface area (Å²) in [5.74, 6) is -0.220. The standard InChI is InChI=1S/C14H19NO2/c1-12(16)17-14(10-6-7-11-15(14)2)13-8-4-3-5-9-13/h3-5,8-9H,6-7,10-11H2,1-2H3. The summed E-state index contributed by atoms with van der Waals surface area (Å²) in [5.41, 5.74) is 0.503. The van der Waals surface area contributed by atoms with E-state index in [9.17, 15) is 4.79 Å². The van der Waals surface area contributed by atoms with Gasteiger partial charge < -0.3 is 4.74 Å². The highest BCUT2D eigenvalue weighted by atomic mass is 16.6. The van der Waals surface area contributed by atoms with E-state index in [0.29, 0.717) is 0 Å². The lowest BCUT2D eigenvalue weighted by atomic mass is 9.91. The SMILES string of the molecule is CC(=O)OC1(c2ccccc2)CCCCN1C. The number of ether oxygens (including phenoxy) is 1. The average molecular weight is 233 g/mol. The van der Waals surface area contributed by atoms with Crippen LogP contribution in [0.3, 0.4) is 0 Å². The van der Waals surface area contributed by atoms with E-state index in [-0.39, 0.29) is 5.97 Å². The van der Waals surface area contributed by atoms with Gasteiger partial charge >= 0.3 is 5.97 Å². The lowest BCUT2D eigenvalue weighted by Crippen LogP contribution is -2.50. The Kier molecular flexibility index (Phi) is 3.48. The van der Waals surface area contributed by atoms with Crippen LogP contribution in [0.25, 0.3) is 0 Å². The van der Waals surface area contributed by atoms with E-state index >= 15 is 0 Å². The van der Waals surface area contributed by atoms with Crippen LogP contribution in [-0.2, 0) is 15.3 Å². The number of piperidine rings is 1. The van der Waals surface area contributed by atoms with Gasteiger partial charge in [0.1, 0.15) is 0 Å². The van der Waals surface area contributed by atoms with Crippen molar-refractivity contribution in [2.24, 2.45) is 0 Å². The monoisotopic (exact) mass is 233 g/mol. The quantitative estimate of drug-likeness (QED) is 0.735. The Hall–Kier alpha value is -1.35. The molecule has 2 rings (SSSR count). The predicted molar refractivity (Wildman–Crippen MR) is 66.4 cm³/mol. The van der Waals surface area contributed by atoms with Crippen molar-refractivity contribution in [1.29, 1.82) is 0 Å². The fourth-order valence-corrected chi connectivity index (χ4v) is 2.57. The summed E-state index contributed by atoms with van der Waals surface area (Å²) < 4.78 is 5.66. The first-order valence-corrected chi connectivity index (χ1v) is 6.11. The van der Waals surface area contributed by atoms with Crippen LogP contribution >= 0.6 is 0 Å². The van der Waals surface area contributed by atoms with Gasteiger partial charge in [0.25, 0.3) is 0 Å².